The number of hydrogen-bond donors (Lipinski definition) is 2. The maximum atomic E-state index is 11.5. The van der Waals surface area contributed by atoms with Gasteiger partial charge in [0.15, 0.2) is 0 Å². The van der Waals surface area contributed by atoms with Crippen LogP contribution in [0, 0.1) is 0 Å². The van der Waals surface area contributed by atoms with Gasteiger partial charge in [0.05, 0.1) is 13.7 Å². The summed E-state index contributed by atoms with van der Waals surface area (Å²) in [7, 11) is -0.198. The maximum absolute atomic E-state index is 11.5. The van der Waals surface area contributed by atoms with Gasteiger partial charge in [-0.1, -0.05) is 6.07 Å². The van der Waals surface area contributed by atoms with E-state index in [0.717, 1.165) is 0 Å². The van der Waals surface area contributed by atoms with E-state index in [9.17, 15) is 4.79 Å². The number of methoxy groups -OCH3 is 1. The molecule has 0 bridgehead atoms. The van der Waals surface area contributed by atoms with Gasteiger partial charge in [0.25, 0.3) is 0 Å². The molecule has 0 atom stereocenters. The Balaban J connectivity index is 3.06. The van der Waals surface area contributed by atoms with Crippen molar-refractivity contribution in [3.05, 3.63) is 23.8 Å². The van der Waals surface area contributed by atoms with Gasteiger partial charge in [0.1, 0.15) is 11.3 Å². The first-order chi connectivity index (χ1) is 7.60. The molecule has 1 rings (SSSR count). The van der Waals surface area contributed by atoms with Crippen molar-refractivity contribution in [2.75, 3.05) is 13.7 Å². The Kier molecular flexibility index (Phi) is 4.33. The molecular formula is C10H13BO5. The summed E-state index contributed by atoms with van der Waals surface area (Å²) < 4.78 is 9.81. The SMILES string of the molecule is CCOC(=O)c1ccc(B(O)O)cc1OC. The lowest BCUT2D eigenvalue weighted by Gasteiger charge is -2.09. The van der Waals surface area contributed by atoms with E-state index in [1.807, 2.05) is 0 Å². The standard InChI is InChI=1S/C10H13BO5/c1-3-16-10(12)8-5-4-7(11(13)14)6-9(8)15-2/h4-6,13-14H,3H2,1-2H3. The Bertz CT molecular complexity index is 377. The third-order valence-corrected chi connectivity index (χ3v) is 2.02. The van der Waals surface area contributed by atoms with Crippen LogP contribution in [-0.2, 0) is 4.74 Å². The molecule has 0 aliphatic carbocycles. The Hall–Kier alpha value is -1.53. The highest BCUT2D eigenvalue weighted by atomic mass is 16.5. The fourth-order valence-electron chi connectivity index (χ4n) is 1.25. The second kappa shape index (κ2) is 5.53. The molecule has 6 heteroatoms. The number of rotatable bonds is 4. The fraction of sp³-hybridized carbons (Fsp3) is 0.300. The molecule has 0 saturated carbocycles. The molecule has 0 heterocycles. The molecule has 16 heavy (non-hydrogen) atoms. The molecule has 5 nitrogen and oxygen atoms in total. The average molecular weight is 224 g/mol. The van der Waals surface area contributed by atoms with Crippen LogP contribution in [-0.4, -0.2) is 36.9 Å². The monoisotopic (exact) mass is 224 g/mol. The first-order valence-corrected chi connectivity index (χ1v) is 4.81. The molecule has 0 spiro atoms. The molecular weight excluding hydrogens is 211 g/mol. The summed E-state index contributed by atoms with van der Waals surface area (Å²) in [4.78, 5) is 11.5. The molecule has 0 fully saturated rings. The van der Waals surface area contributed by atoms with Crippen molar-refractivity contribution in [1.29, 1.82) is 0 Å². The van der Waals surface area contributed by atoms with Gasteiger partial charge in [-0.3, -0.25) is 0 Å². The molecule has 0 unspecified atom stereocenters. The maximum Gasteiger partial charge on any atom is 0.488 e. The van der Waals surface area contributed by atoms with Gasteiger partial charge in [-0.05, 0) is 24.5 Å². The van der Waals surface area contributed by atoms with Gasteiger partial charge in [0, 0.05) is 0 Å². The fourth-order valence-corrected chi connectivity index (χ4v) is 1.25. The number of hydrogen-bond acceptors (Lipinski definition) is 5. The molecule has 0 aliphatic rings. The van der Waals surface area contributed by atoms with Gasteiger partial charge in [-0.2, -0.15) is 0 Å². The second-order valence-electron chi connectivity index (χ2n) is 3.05. The minimum absolute atomic E-state index is 0.254. The van der Waals surface area contributed by atoms with E-state index < -0.39 is 13.1 Å². The van der Waals surface area contributed by atoms with Crippen LogP contribution in [0.5, 0.6) is 5.75 Å². The largest absolute Gasteiger partial charge is 0.496 e. The molecule has 86 valence electrons. The normalized spacial score (nSPS) is 9.75. The second-order valence-corrected chi connectivity index (χ2v) is 3.05. The summed E-state index contributed by atoms with van der Waals surface area (Å²) >= 11 is 0. The van der Waals surface area contributed by atoms with Crippen molar-refractivity contribution in [1.82, 2.24) is 0 Å². The number of carbonyl (C=O) groups excluding carboxylic acids is 1. The zero-order valence-electron chi connectivity index (χ0n) is 9.14. The molecule has 1 aromatic carbocycles. The Morgan fingerprint density at radius 3 is 2.62 bits per heavy atom. The van der Waals surface area contributed by atoms with Gasteiger partial charge in [0.2, 0.25) is 0 Å². The van der Waals surface area contributed by atoms with E-state index >= 15 is 0 Å². The third-order valence-electron chi connectivity index (χ3n) is 2.02. The minimum atomic E-state index is -1.59. The molecule has 2 N–H and O–H groups in total. The van der Waals surface area contributed by atoms with E-state index in [2.05, 4.69) is 0 Å². The first-order valence-electron chi connectivity index (χ1n) is 4.81. The predicted molar refractivity (Wildman–Crippen MR) is 58.8 cm³/mol. The van der Waals surface area contributed by atoms with Crippen molar-refractivity contribution >= 4 is 18.6 Å². The van der Waals surface area contributed by atoms with Crippen LogP contribution < -0.4 is 10.2 Å². The quantitative estimate of drug-likeness (QED) is 0.535. The van der Waals surface area contributed by atoms with Gasteiger partial charge < -0.3 is 19.5 Å². The van der Waals surface area contributed by atoms with E-state index in [-0.39, 0.29) is 23.4 Å². The zero-order valence-corrected chi connectivity index (χ0v) is 9.14. The number of esters is 1. The molecule has 0 saturated heterocycles. The zero-order chi connectivity index (χ0) is 12.1. The highest BCUT2D eigenvalue weighted by Gasteiger charge is 2.18. The minimum Gasteiger partial charge on any atom is -0.496 e. The predicted octanol–water partition coefficient (Wildman–Crippen LogP) is -0.448. The third kappa shape index (κ3) is 2.74. The van der Waals surface area contributed by atoms with Crippen LogP contribution in [0.25, 0.3) is 0 Å². The first kappa shape index (κ1) is 12.5. The molecule has 0 aromatic heterocycles. The lowest BCUT2D eigenvalue weighted by molar-refractivity contribution is 0.0522. The molecule has 0 aliphatic heterocycles. The van der Waals surface area contributed by atoms with Gasteiger partial charge in [-0.15, -0.1) is 0 Å². The number of benzene rings is 1. The van der Waals surface area contributed by atoms with E-state index in [0.29, 0.717) is 0 Å². The van der Waals surface area contributed by atoms with Crippen molar-refractivity contribution in [3.63, 3.8) is 0 Å². The van der Waals surface area contributed by atoms with Crippen LogP contribution in [0.1, 0.15) is 17.3 Å². The molecule has 1 aromatic rings. The highest BCUT2D eigenvalue weighted by molar-refractivity contribution is 6.58. The van der Waals surface area contributed by atoms with Crippen LogP contribution in [0.3, 0.4) is 0 Å². The van der Waals surface area contributed by atoms with Crippen molar-refractivity contribution in [2.45, 2.75) is 6.92 Å². The van der Waals surface area contributed by atoms with Gasteiger partial charge >= 0.3 is 13.1 Å². The van der Waals surface area contributed by atoms with Crippen LogP contribution in [0.2, 0.25) is 0 Å². The summed E-state index contributed by atoms with van der Waals surface area (Å²) in [6, 6.07) is 4.25. The summed E-state index contributed by atoms with van der Waals surface area (Å²) in [5.41, 5.74) is 0.513. The number of ether oxygens (including phenoxy) is 2. The summed E-state index contributed by atoms with van der Waals surface area (Å²) in [6.45, 7) is 1.97. The summed E-state index contributed by atoms with van der Waals surface area (Å²) in [6.07, 6.45) is 0. The molecule has 0 amide bonds. The van der Waals surface area contributed by atoms with Gasteiger partial charge in [-0.25, -0.2) is 4.79 Å². The lowest BCUT2D eigenvalue weighted by atomic mass is 9.80. The van der Waals surface area contributed by atoms with E-state index in [1.165, 1.54) is 25.3 Å². The highest BCUT2D eigenvalue weighted by Crippen LogP contribution is 2.17. The summed E-state index contributed by atoms with van der Waals surface area (Å²) in [5.74, 6) is -0.248. The van der Waals surface area contributed by atoms with E-state index in [4.69, 9.17) is 19.5 Å². The smallest absolute Gasteiger partial charge is 0.488 e. The van der Waals surface area contributed by atoms with Crippen molar-refractivity contribution in [2.24, 2.45) is 0 Å². The molecule has 0 radical (unpaired) electrons. The average Bonchev–Trinajstić information content (AvgIpc) is 2.28. The van der Waals surface area contributed by atoms with Crippen LogP contribution in [0.4, 0.5) is 0 Å². The van der Waals surface area contributed by atoms with Crippen molar-refractivity contribution < 1.29 is 24.3 Å². The van der Waals surface area contributed by atoms with Crippen molar-refractivity contribution in [3.8, 4) is 5.75 Å². The van der Waals surface area contributed by atoms with Crippen LogP contribution >= 0.6 is 0 Å². The summed E-state index contributed by atoms with van der Waals surface area (Å²) in [5, 5.41) is 17.9. The Morgan fingerprint density at radius 2 is 2.12 bits per heavy atom. The Labute approximate surface area is 93.8 Å². The topological polar surface area (TPSA) is 76.0 Å². The number of carbonyl (C=O) groups is 1. The van der Waals surface area contributed by atoms with E-state index in [1.54, 1.807) is 6.92 Å². The van der Waals surface area contributed by atoms with Crippen LogP contribution in [0.15, 0.2) is 18.2 Å². The lowest BCUT2D eigenvalue weighted by Crippen LogP contribution is -2.30. The Morgan fingerprint density at radius 1 is 1.44 bits per heavy atom.